The Balaban J connectivity index is 2.77. The van der Waals surface area contributed by atoms with E-state index in [-0.39, 0.29) is 11.3 Å². The molecule has 0 bridgehead atoms. The van der Waals surface area contributed by atoms with Gasteiger partial charge in [-0.05, 0) is 13.0 Å². The Morgan fingerprint density at radius 2 is 1.88 bits per heavy atom. The number of carbonyl (C=O) groups excluding carboxylic acids is 2. The van der Waals surface area contributed by atoms with Crippen molar-refractivity contribution in [3.8, 4) is 16.9 Å². The number of nitrogens with zero attached hydrogens (tertiary/aromatic N) is 1. The number of nitrogens with one attached hydrogen (secondary N) is 1. The van der Waals surface area contributed by atoms with Gasteiger partial charge in [0, 0.05) is 37.6 Å². The second-order valence-electron chi connectivity index (χ2n) is 5.83. The lowest BCUT2D eigenvalue weighted by atomic mass is 9.98. The third kappa shape index (κ3) is 3.75. The van der Waals surface area contributed by atoms with E-state index in [1.54, 1.807) is 49.6 Å². The van der Waals surface area contributed by atoms with Crippen molar-refractivity contribution in [1.82, 2.24) is 9.88 Å². The van der Waals surface area contributed by atoms with E-state index < -0.39 is 5.97 Å². The molecule has 0 saturated heterocycles. The lowest BCUT2D eigenvalue weighted by molar-refractivity contribution is -0.111. The standard InChI is InChI=1S/C19H21ClN2O4/c1-11(23)14(10-22(2)3)18-16(19(24)26-5)13(9-21-18)12-7-6-8-15(25-4)17(12)20/h6-10,21H,1-5H3/b14-10+. The Bertz CT molecular complexity index is 868. The highest BCUT2D eigenvalue weighted by Gasteiger charge is 2.26. The van der Waals surface area contributed by atoms with Gasteiger partial charge in [0.05, 0.1) is 36.1 Å². The fourth-order valence-electron chi connectivity index (χ4n) is 2.63. The SMILES string of the molecule is COC(=O)c1c(-c2cccc(OC)c2Cl)c[nH]c1/C(=C/N(C)C)C(C)=O. The second kappa shape index (κ2) is 8.10. The molecule has 0 amide bonds. The molecule has 1 heterocycles. The maximum Gasteiger partial charge on any atom is 0.340 e. The van der Waals surface area contributed by atoms with Crippen molar-refractivity contribution in [3.05, 3.63) is 46.9 Å². The maximum atomic E-state index is 12.5. The number of aromatic amines is 1. The molecule has 0 unspecified atom stereocenters. The minimum absolute atomic E-state index is 0.186. The van der Waals surface area contributed by atoms with Gasteiger partial charge in [-0.3, -0.25) is 4.79 Å². The summed E-state index contributed by atoms with van der Waals surface area (Å²) in [6.07, 6.45) is 3.28. The highest BCUT2D eigenvalue weighted by atomic mass is 35.5. The molecular weight excluding hydrogens is 356 g/mol. The smallest absolute Gasteiger partial charge is 0.340 e. The zero-order valence-corrected chi connectivity index (χ0v) is 16.1. The molecule has 1 aromatic heterocycles. The van der Waals surface area contributed by atoms with Crippen LogP contribution in [0.1, 0.15) is 23.0 Å². The van der Waals surface area contributed by atoms with Crippen LogP contribution in [0.5, 0.6) is 5.75 Å². The zero-order valence-electron chi connectivity index (χ0n) is 15.3. The van der Waals surface area contributed by atoms with Crippen LogP contribution in [0.25, 0.3) is 16.7 Å². The number of hydrogen-bond acceptors (Lipinski definition) is 5. The zero-order chi connectivity index (χ0) is 19.4. The Morgan fingerprint density at radius 3 is 2.42 bits per heavy atom. The monoisotopic (exact) mass is 376 g/mol. The lowest BCUT2D eigenvalue weighted by Gasteiger charge is -2.12. The molecule has 6 nitrogen and oxygen atoms in total. The van der Waals surface area contributed by atoms with Gasteiger partial charge in [0.2, 0.25) is 0 Å². The Labute approximate surface area is 157 Å². The molecule has 0 aliphatic rings. The Kier molecular flexibility index (Phi) is 6.10. The third-order valence-electron chi connectivity index (χ3n) is 3.78. The van der Waals surface area contributed by atoms with Crippen LogP contribution in [-0.2, 0) is 9.53 Å². The fourth-order valence-corrected chi connectivity index (χ4v) is 2.93. The van der Waals surface area contributed by atoms with Gasteiger partial charge >= 0.3 is 5.97 Å². The van der Waals surface area contributed by atoms with Gasteiger partial charge in [0.25, 0.3) is 0 Å². The molecule has 1 aromatic carbocycles. The summed E-state index contributed by atoms with van der Waals surface area (Å²) in [5.41, 5.74) is 2.11. The van der Waals surface area contributed by atoms with Crippen molar-refractivity contribution in [3.63, 3.8) is 0 Å². The van der Waals surface area contributed by atoms with Crippen molar-refractivity contribution >= 4 is 28.9 Å². The molecule has 7 heteroatoms. The summed E-state index contributed by atoms with van der Waals surface area (Å²) in [5, 5.41) is 0.367. The number of esters is 1. The molecule has 0 saturated carbocycles. The summed E-state index contributed by atoms with van der Waals surface area (Å²) in [6.45, 7) is 1.44. The van der Waals surface area contributed by atoms with Crippen LogP contribution in [0.15, 0.2) is 30.6 Å². The average Bonchev–Trinajstić information content (AvgIpc) is 3.03. The number of halogens is 1. The maximum absolute atomic E-state index is 12.5. The minimum atomic E-state index is -0.568. The molecule has 0 aliphatic heterocycles. The highest BCUT2D eigenvalue weighted by molar-refractivity contribution is 6.35. The van der Waals surface area contributed by atoms with Crippen LogP contribution in [-0.4, -0.2) is 50.0 Å². The number of benzene rings is 1. The van der Waals surface area contributed by atoms with Gasteiger partial charge in [-0.15, -0.1) is 0 Å². The summed E-state index contributed by atoms with van der Waals surface area (Å²) < 4.78 is 10.2. The number of hydrogen-bond donors (Lipinski definition) is 1. The summed E-state index contributed by atoms with van der Waals surface area (Å²) in [6, 6.07) is 5.27. The first-order valence-corrected chi connectivity index (χ1v) is 8.21. The van der Waals surface area contributed by atoms with Gasteiger partial charge in [0.15, 0.2) is 5.78 Å². The number of ketones is 1. The van der Waals surface area contributed by atoms with Crippen molar-refractivity contribution in [1.29, 1.82) is 0 Å². The average molecular weight is 377 g/mol. The minimum Gasteiger partial charge on any atom is -0.495 e. The van der Waals surface area contributed by atoms with Crippen LogP contribution < -0.4 is 4.74 Å². The molecule has 2 rings (SSSR count). The molecule has 0 aliphatic carbocycles. The normalized spacial score (nSPS) is 11.2. The van der Waals surface area contributed by atoms with Gasteiger partial charge in [-0.1, -0.05) is 23.7 Å². The predicted octanol–water partition coefficient (Wildman–Crippen LogP) is 3.62. The number of Topliss-reactive ketones (excluding diaryl/α,β-unsaturated/α-hetero) is 1. The highest BCUT2D eigenvalue weighted by Crippen LogP contribution is 2.39. The van der Waals surface area contributed by atoms with Gasteiger partial charge in [-0.2, -0.15) is 0 Å². The summed E-state index contributed by atoms with van der Waals surface area (Å²) in [7, 11) is 6.40. The van der Waals surface area contributed by atoms with Crippen molar-refractivity contribution < 1.29 is 19.1 Å². The Morgan fingerprint density at radius 1 is 1.19 bits per heavy atom. The van der Waals surface area contributed by atoms with Crippen LogP contribution in [0, 0.1) is 0 Å². The predicted molar refractivity (Wildman–Crippen MR) is 101 cm³/mol. The first-order valence-electron chi connectivity index (χ1n) is 7.83. The molecule has 0 radical (unpaired) electrons. The van der Waals surface area contributed by atoms with Crippen LogP contribution >= 0.6 is 11.6 Å². The van der Waals surface area contributed by atoms with Crippen LogP contribution in [0.2, 0.25) is 5.02 Å². The molecular formula is C19H21ClN2O4. The number of rotatable bonds is 6. The first kappa shape index (κ1) is 19.6. The van der Waals surface area contributed by atoms with E-state index in [1.807, 2.05) is 0 Å². The number of H-pyrrole nitrogens is 1. The van der Waals surface area contributed by atoms with E-state index in [9.17, 15) is 9.59 Å². The summed E-state index contributed by atoms with van der Waals surface area (Å²) in [5.74, 6) is -0.270. The van der Waals surface area contributed by atoms with Gasteiger partial charge in [-0.25, -0.2) is 4.79 Å². The van der Waals surface area contributed by atoms with E-state index in [2.05, 4.69) is 4.98 Å². The topological polar surface area (TPSA) is 71.6 Å². The molecule has 138 valence electrons. The van der Waals surface area contributed by atoms with E-state index >= 15 is 0 Å². The van der Waals surface area contributed by atoms with E-state index in [4.69, 9.17) is 21.1 Å². The van der Waals surface area contributed by atoms with E-state index in [0.717, 1.165) is 0 Å². The molecule has 0 atom stereocenters. The largest absolute Gasteiger partial charge is 0.495 e. The van der Waals surface area contributed by atoms with Crippen molar-refractivity contribution in [2.45, 2.75) is 6.92 Å². The lowest BCUT2D eigenvalue weighted by Crippen LogP contribution is -2.11. The van der Waals surface area contributed by atoms with Gasteiger partial charge < -0.3 is 19.4 Å². The van der Waals surface area contributed by atoms with Gasteiger partial charge in [0.1, 0.15) is 5.75 Å². The van der Waals surface area contributed by atoms with Crippen LogP contribution in [0.3, 0.4) is 0 Å². The molecule has 26 heavy (non-hydrogen) atoms. The first-order chi connectivity index (χ1) is 12.3. The number of ether oxygens (including phenoxy) is 2. The molecule has 0 spiro atoms. The summed E-state index contributed by atoms with van der Waals surface area (Å²) >= 11 is 6.42. The van der Waals surface area contributed by atoms with E-state index in [1.165, 1.54) is 21.1 Å². The van der Waals surface area contributed by atoms with Crippen LogP contribution in [0.4, 0.5) is 0 Å². The number of aromatic nitrogens is 1. The summed E-state index contributed by atoms with van der Waals surface area (Å²) in [4.78, 5) is 29.4. The van der Waals surface area contributed by atoms with Crippen molar-refractivity contribution in [2.24, 2.45) is 0 Å². The van der Waals surface area contributed by atoms with Crippen molar-refractivity contribution in [2.75, 3.05) is 28.3 Å². The Hall–Kier alpha value is -2.73. The number of allylic oxidation sites excluding steroid dienone is 1. The molecule has 1 N–H and O–H groups in total. The number of carbonyl (C=O) groups is 2. The molecule has 0 fully saturated rings. The molecule has 2 aromatic rings. The number of methoxy groups -OCH3 is 2. The third-order valence-corrected chi connectivity index (χ3v) is 4.17. The van der Waals surface area contributed by atoms with E-state index in [0.29, 0.717) is 33.2 Å². The second-order valence-corrected chi connectivity index (χ2v) is 6.21. The quantitative estimate of drug-likeness (QED) is 0.615. The fraction of sp³-hybridized carbons (Fsp3) is 0.263.